The molecule has 1 atom stereocenters. The summed E-state index contributed by atoms with van der Waals surface area (Å²) in [5.74, 6) is -0.684. The average molecular weight is 424 g/mol. The van der Waals surface area contributed by atoms with E-state index in [0.717, 1.165) is 38.5 Å². The standard InChI is InChI=1S/C26H49NO3/c1-4-5-6-7-8-11-14-17-20-24(27-26(30)23(2)3)21-18-15-12-9-10-13-16-19-22-25(28)29/h24H,2,4-22H2,1,3H3,(H,27,30)(H,28,29). The molecule has 0 aromatic rings. The molecule has 0 heterocycles. The number of nitrogens with one attached hydrogen (secondary N) is 1. The van der Waals surface area contributed by atoms with Crippen LogP contribution in [0.25, 0.3) is 0 Å². The van der Waals surface area contributed by atoms with Gasteiger partial charge in [-0.1, -0.05) is 110 Å². The lowest BCUT2D eigenvalue weighted by Crippen LogP contribution is -2.35. The van der Waals surface area contributed by atoms with Crippen molar-refractivity contribution in [1.29, 1.82) is 0 Å². The normalized spacial score (nSPS) is 11.9. The zero-order valence-electron chi connectivity index (χ0n) is 20.0. The molecule has 2 N–H and O–H groups in total. The topological polar surface area (TPSA) is 66.4 Å². The van der Waals surface area contributed by atoms with E-state index in [4.69, 9.17) is 5.11 Å². The first-order chi connectivity index (χ1) is 14.5. The Labute approximate surface area is 186 Å². The Morgan fingerprint density at radius 3 is 1.53 bits per heavy atom. The molecule has 0 fully saturated rings. The SMILES string of the molecule is C=C(C)C(=O)NC(CCCCCCCCCC)CCCCCCCCCCC(=O)O. The van der Waals surface area contributed by atoms with Crippen LogP contribution in [0.2, 0.25) is 0 Å². The van der Waals surface area contributed by atoms with Gasteiger partial charge >= 0.3 is 5.97 Å². The first-order valence-corrected chi connectivity index (χ1v) is 12.7. The van der Waals surface area contributed by atoms with Gasteiger partial charge in [0.15, 0.2) is 0 Å². The molecule has 4 heteroatoms. The van der Waals surface area contributed by atoms with E-state index in [2.05, 4.69) is 18.8 Å². The summed E-state index contributed by atoms with van der Waals surface area (Å²) in [6.07, 6.45) is 22.0. The predicted octanol–water partition coefficient (Wildman–Crippen LogP) is 7.56. The highest BCUT2D eigenvalue weighted by atomic mass is 16.4. The Bertz CT molecular complexity index is 448. The molecule has 0 aliphatic carbocycles. The maximum absolute atomic E-state index is 12.0. The molecule has 0 saturated heterocycles. The van der Waals surface area contributed by atoms with Gasteiger partial charge in [0.1, 0.15) is 0 Å². The highest BCUT2D eigenvalue weighted by molar-refractivity contribution is 5.92. The molecular formula is C26H49NO3. The van der Waals surface area contributed by atoms with Crippen LogP contribution in [-0.4, -0.2) is 23.0 Å². The van der Waals surface area contributed by atoms with Crippen molar-refractivity contribution in [2.24, 2.45) is 0 Å². The number of hydrogen-bond acceptors (Lipinski definition) is 2. The third-order valence-corrected chi connectivity index (χ3v) is 5.82. The highest BCUT2D eigenvalue weighted by Crippen LogP contribution is 2.16. The first-order valence-electron chi connectivity index (χ1n) is 12.7. The largest absolute Gasteiger partial charge is 0.481 e. The molecule has 0 spiro atoms. The lowest BCUT2D eigenvalue weighted by molar-refractivity contribution is -0.137. The number of carboxylic acid groups (broad SMARTS) is 1. The zero-order chi connectivity index (χ0) is 22.5. The van der Waals surface area contributed by atoms with Crippen LogP contribution in [0.4, 0.5) is 0 Å². The van der Waals surface area contributed by atoms with Crippen molar-refractivity contribution in [3.05, 3.63) is 12.2 Å². The van der Waals surface area contributed by atoms with Gasteiger partial charge in [0, 0.05) is 18.0 Å². The van der Waals surface area contributed by atoms with Crippen molar-refractivity contribution in [2.75, 3.05) is 0 Å². The monoisotopic (exact) mass is 423 g/mol. The number of amides is 1. The summed E-state index contributed by atoms with van der Waals surface area (Å²) < 4.78 is 0. The summed E-state index contributed by atoms with van der Waals surface area (Å²) >= 11 is 0. The van der Waals surface area contributed by atoms with Crippen LogP contribution in [0, 0.1) is 0 Å². The van der Waals surface area contributed by atoms with Crippen LogP contribution in [-0.2, 0) is 9.59 Å². The van der Waals surface area contributed by atoms with Crippen molar-refractivity contribution in [3.8, 4) is 0 Å². The van der Waals surface area contributed by atoms with E-state index in [1.165, 1.54) is 77.0 Å². The fraction of sp³-hybridized carbons (Fsp3) is 0.846. The summed E-state index contributed by atoms with van der Waals surface area (Å²) in [7, 11) is 0. The number of aliphatic carboxylic acids is 1. The van der Waals surface area contributed by atoms with Crippen LogP contribution in [0.1, 0.15) is 136 Å². The van der Waals surface area contributed by atoms with E-state index in [9.17, 15) is 9.59 Å². The molecule has 0 aromatic carbocycles. The molecule has 0 aliphatic heterocycles. The van der Waals surface area contributed by atoms with Gasteiger partial charge in [-0.25, -0.2) is 0 Å². The average Bonchev–Trinajstić information content (AvgIpc) is 2.70. The van der Waals surface area contributed by atoms with Gasteiger partial charge < -0.3 is 10.4 Å². The van der Waals surface area contributed by atoms with Gasteiger partial charge in [-0.2, -0.15) is 0 Å². The molecule has 1 unspecified atom stereocenters. The van der Waals surface area contributed by atoms with E-state index in [-0.39, 0.29) is 11.9 Å². The fourth-order valence-electron chi connectivity index (χ4n) is 3.85. The van der Waals surface area contributed by atoms with Crippen molar-refractivity contribution < 1.29 is 14.7 Å². The molecular weight excluding hydrogens is 374 g/mol. The van der Waals surface area contributed by atoms with Crippen molar-refractivity contribution >= 4 is 11.9 Å². The van der Waals surface area contributed by atoms with E-state index in [1.54, 1.807) is 6.92 Å². The van der Waals surface area contributed by atoms with Crippen molar-refractivity contribution in [1.82, 2.24) is 5.32 Å². The van der Waals surface area contributed by atoms with Gasteiger partial charge in [0.25, 0.3) is 0 Å². The van der Waals surface area contributed by atoms with Crippen LogP contribution >= 0.6 is 0 Å². The van der Waals surface area contributed by atoms with Crippen LogP contribution in [0.3, 0.4) is 0 Å². The number of hydrogen-bond donors (Lipinski definition) is 2. The summed E-state index contributed by atoms with van der Waals surface area (Å²) in [5.41, 5.74) is 0.596. The summed E-state index contributed by atoms with van der Waals surface area (Å²) in [6.45, 7) is 7.80. The first kappa shape index (κ1) is 28.7. The quantitative estimate of drug-likeness (QED) is 0.139. The fourth-order valence-corrected chi connectivity index (χ4v) is 3.85. The predicted molar refractivity (Wildman–Crippen MR) is 128 cm³/mol. The Morgan fingerprint density at radius 2 is 1.13 bits per heavy atom. The molecule has 0 bridgehead atoms. The molecule has 0 saturated carbocycles. The number of unbranched alkanes of at least 4 members (excludes halogenated alkanes) is 14. The molecule has 0 aliphatic rings. The smallest absolute Gasteiger partial charge is 0.303 e. The lowest BCUT2D eigenvalue weighted by atomic mass is 9.99. The minimum atomic E-state index is -0.685. The number of carbonyl (C=O) groups excluding carboxylic acids is 1. The highest BCUT2D eigenvalue weighted by Gasteiger charge is 2.12. The second kappa shape index (κ2) is 20.9. The molecule has 0 rings (SSSR count). The maximum atomic E-state index is 12.0. The zero-order valence-corrected chi connectivity index (χ0v) is 20.0. The van der Waals surface area contributed by atoms with Gasteiger partial charge in [-0.15, -0.1) is 0 Å². The van der Waals surface area contributed by atoms with Gasteiger partial charge in [-0.05, 0) is 26.2 Å². The molecule has 0 aromatic heterocycles. The van der Waals surface area contributed by atoms with Crippen molar-refractivity contribution in [2.45, 2.75) is 142 Å². The molecule has 4 nitrogen and oxygen atoms in total. The Balaban J connectivity index is 3.84. The van der Waals surface area contributed by atoms with Gasteiger partial charge in [0.2, 0.25) is 5.91 Å². The third kappa shape index (κ3) is 20.0. The van der Waals surface area contributed by atoms with Crippen LogP contribution in [0.5, 0.6) is 0 Å². The second-order valence-corrected chi connectivity index (χ2v) is 8.98. The van der Waals surface area contributed by atoms with E-state index in [0.29, 0.717) is 12.0 Å². The number of rotatable bonds is 22. The Morgan fingerprint density at radius 1 is 0.733 bits per heavy atom. The summed E-state index contributed by atoms with van der Waals surface area (Å²) in [4.78, 5) is 22.5. The summed E-state index contributed by atoms with van der Waals surface area (Å²) in [5, 5.41) is 11.8. The minimum Gasteiger partial charge on any atom is -0.481 e. The van der Waals surface area contributed by atoms with Crippen molar-refractivity contribution in [3.63, 3.8) is 0 Å². The van der Waals surface area contributed by atoms with Gasteiger partial charge in [0.05, 0.1) is 0 Å². The van der Waals surface area contributed by atoms with E-state index >= 15 is 0 Å². The molecule has 30 heavy (non-hydrogen) atoms. The number of carboxylic acids is 1. The number of carbonyl (C=O) groups is 2. The van der Waals surface area contributed by atoms with E-state index < -0.39 is 5.97 Å². The molecule has 1 amide bonds. The Kier molecular flexibility index (Phi) is 20.0. The van der Waals surface area contributed by atoms with Crippen LogP contribution < -0.4 is 5.32 Å². The van der Waals surface area contributed by atoms with Gasteiger partial charge in [-0.3, -0.25) is 9.59 Å². The lowest BCUT2D eigenvalue weighted by Gasteiger charge is -2.19. The molecule has 0 radical (unpaired) electrons. The second-order valence-electron chi connectivity index (χ2n) is 8.98. The molecule has 176 valence electrons. The third-order valence-electron chi connectivity index (χ3n) is 5.82. The maximum Gasteiger partial charge on any atom is 0.303 e. The summed E-state index contributed by atoms with van der Waals surface area (Å²) in [6, 6.07) is 0.283. The van der Waals surface area contributed by atoms with E-state index in [1.807, 2.05) is 0 Å². The Hall–Kier alpha value is -1.32. The minimum absolute atomic E-state index is 0.000858. The van der Waals surface area contributed by atoms with Crippen LogP contribution in [0.15, 0.2) is 12.2 Å².